The predicted octanol–water partition coefficient (Wildman–Crippen LogP) is 6.72. The lowest BCUT2D eigenvalue weighted by molar-refractivity contribution is -0.145. The van der Waals surface area contributed by atoms with Gasteiger partial charge in [0.2, 0.25) is 0 Å². The van der Waals surface area contributed by atoms with E-state index in [4.69, 9.17) is 25.8 Å². The molecule has 0 radical (unpaired) electrons. The van der Waals surface area contributed by atoms with Crippen LogP contribution >= 0.6 is 27.5 Å². The van der Waals surface area contributed by atoms with Crippen molar-refractivity contribution >= 4 is 45.1 Å². The molecule has 0 saturated heterocycles. The van der Waals surface area contributed by atoms with Crippen molar-refractivity contribution < 1.29 is 28.2 Å². The number of hydrogen-bond acceptors (Lipinski definition) is 5. The van der Waals surface area contributed by atoms with Crippen molar-refractivity contribution in [1.29, 1.82) is 0 Å². The van der Waals surface area contributed by atoms with Gasteiger partial charge in [-0.25, -0.2) is 4.39 Å². The lowest BCUT2D eigenvalue weighted by atomic mass is 9.93. The maximum Gasteiger partial charge on any atom is 0.313 e. The Hall–Kier alpha value is -3.10. The van der Waals surface area contributed by atoms with Gasteiger partial charge in [-0.2, -0.15) is 0 Å². The lowest BCUT2D eigenvalue weighted by Crippen LogP contribution is -2.23. The summed E-state index contributed by atoms with van der Waals surface area (Å²) in [5.74, 6) is -0.171. The molecule has 6 nitrogen and oxygen atoms in total. The first-order chi connectivity index (χ1) is 16.4. The zero-order chi connectivity index (χ0) is 24.2. The monoisotopic (exact) mass is 547 g/mol. The summed E-state index contributed by atoms with van der Waals surface area (Å²) in [6.45, 7) is 2.45. The number of halogens is 3. The summed E-state index contributed by atoms with van der Waals surface area (Å²) >= 11 is 9.52. The zero-order valence-corrected chi connectivity index (χ0v) is 20.4. The SMILES string of the molecule is CCOC(=O)C1CCOc2cc(Oc3ccc(C(=O)Nc4ccc(F)c(Br)c4)cc3)c(Cl)cc21. The average Bonchev–Trinajstić information content (AvgIpc) is 2.82. The molecule has 34 heavy (non-hydrogen) atoms. The van der Waals surface area contributed by atoms with Crippen LogP contribution in [0.15, 0.2) is 59.1 Å². The van der Waals surface area contributed by atoms with Gasteiger partial charge in [-0.05, 0) is 77.8 Å². The topological polar surface area (TPSA) is 73.9 Å². The van der Waals surface area contributed by atoms with E-state index in [2.05, 4.69) is 21.2 Å². The van der Waals surface area contributed by atoms with Gasteiger partial charge >= 0.3 is 5.97 Å². The van der Waals surface area contributed by atoms with Gasteiger partial charge in [-0.1, -0.05) is 11.6 Å². The highest BCUT2D eigenvalue weighted by molar-refractivity contribution is 9.10. The minimum Gasteiger partial charge on any atom is -0.493 e. The number of carbonyl (C=O) groups is 2. The Morgan fingerprint density at radius 2 is 1.94 bits per heavy atom. The number of ether oxygens (including phenoxy) is 3. The van der Waals surface area contributed by atoms with Crippen molar-refractivity contribution in [2.75, 3.05) is 18.5 Å². The number of anilines is 1. The number of carbonyl (C=O) groups excluding carboxylic acids is 2. The van der Waals surface area contributed by atoms with Crippen molar-refractivity contribution in [1.82, 2.24) is 0 Å². The fourth-order valence-corrected chi connectivity index (χ4v) is 4.12. The molecule has 3 aromatic rings. The number of benzene rings is 3. The molecule has 4 rings (SSSR count). The van der Waals surface area contributed by atoms with E-state index < -0.39 is 11.7 Å². The quantitative estimate of drug-likeness (QED) is 0.346. The Kier molecular flexibility index (Phi) is 7.38. The number of rotatable bonds is 6. The molecule has 3 aromatic carbocycles. The maximum absolute atomic E-state index is 13.4. The molecule has 176 valence electrons. The first-order valence-corrected chi connectivity index (χ1v) is 11.7. The van der Waals surface area contributed by atoms with Crippen molar-refractivity contribution in [3.63, 3.8) is 0 Å². The third kappa shape index (κ3) is 5.34. The molecule has 1 atom stereocenters. The van der Waals surface area contributed by atoms with Crippen LogP contribution in [0.1, 0.15) is 35.2 Å². The van der Waals surface area contributed by atoms with Gasteiger partial charge < -0.3 is 19.5 Å². The van der Waals surface area contributed by atoms with E-state index in [9.17, 15) is 14.0 Å². The van der Waals surface area contributed by atoms with Gasteiger partial charge in [0.15, 0.2) is 0 Å². The Balaban J connectivity index is 1.47. The molecular formula is C25H20BrClFNO5. The van der Waals surface area contributed by atoms with Crippen molar-refractivity contribution in [3.05, 3.63) is 81.0 Å². The number of amides is 1. The highest BCUT2D eigenvalue weighted by Gasteiger charge is 2.30. The van der Waals surface area contributed by atoms with E-state index in [1.54, 1.807) is 43.3 Å². The van der Waals surface area contributed by atoms with Gasteiger partial charge in [-0.3, -0.25) is 9.59 Å². The molecule has 0 fully saturated rings. The van der Waals surface area contributed by atoms with Crippen LogP contribution in [0.3, 0.4) is 0 Å². The van der Waals surface area contributed by atoms with Crippen LogP contribution in [-0.4, -0.2) is 25.1 Å². The molecule has 1 amide bonds. The van der Waals surface area contributed by atoms with Crippen molar-refractivity contribution in [3.8, 4) is 17.2 Å². The highest BCUT2D eigenvalue weighted by Crippen LogP contribution is 2.42. The average molecular weight is 549 g/mol. The van der Waals surface area contributed by atoms with Crippen LogP contribution in [0.4, 0.5) is 10.1 Å². The molecule has 1 heterocycles. The van der Waals surface area contributed by atoms with Crippen LogP contribution in [0.25, 0.3) is 0 Å². The Bertz CT molecular complexity index is 1230. The largest absolute Gasteiger partial charge is 0.493 e. The normalized spacial score (nSPS) is 14.5. The van der Waals surface area contributed by atoms with E-state index in [0.717, 1.165) is 0 Å². The molecule has 1 N–H and O–H groups in total. The molecular weight excluding hydrogens is 529 g/mol. The second-order valence-electron chi connectivity index (χ2n) is 7.47. The summed E-state index contributed by atoms with van der Waals surface area (Å²) in [7, 11) is 0. The fraction of sp³-hybridized carbons (Fsp3) is 0.200. The maximum atomic E-state index is 13.4. The summed E-state index contributed by atoms with van der Waals surface area (Å²) < 4.78 is 30.4. The van der Waals surface area contributed by atoms with Crippen LogP contribution in [0.2, 0.25) is 5.02 Å². The van der Waals surface area contributed by atoms with Crippen LogP contribution in [0, 0.1) is 5.82 Å². The number of hydrogen-bond donors (Lipinski definition) is 1. The summed E-state index contributed by atoms with van der Waals surface area (Å²) in [4.78, 5) is 24.8. The molecule has 0 spiro atoms. The molecule has 0 aromatic heterocycles. The summed E-state index contributed by atoms with van der Waals surface area (Å²) in [5, 5.41) is 3.03. The number of esters is 1. The minimum absolute atomic E-state index is 0.258. The second-order valence-corrected chi connectivity index (χ2v) is 8.73. The molecule has 0 saturated carbocycles. The molecule has 1 unspecified atom stereocenters. The second kappa shape index (κ2) is 10.4. The third-order valence-electron chi connectivity index (χ3n) is 5.20. The van der Waals surface area contributed by atoms with Crippen molar-refractivity contribution in [2.24, 2.45) is 0 Å². The predicted molar refractivity (Wildman–Crippen MR) is 130 cm³/mol. The van der Waals surface area contributed by atoms with E-state index in [0.29, 0.717) is 58.7 Å². The zero-order valence-electron chi connectivity index (χ0n) is 18.1. The first-order valence-electron chi connectivity index (χ1n) is 10.5. The van der Waals surface area contributed by atoms with Crippen molar-refractivity contribution in [2.45, 2.75) is 19.3 Å². The van der Waals surface area contributed by atoms with E-state index >= 15 is 0 Å². The van der Waals surface area contributed by atoms with Crippen LogP contribution in [-0.2, 0) is 9.53 Å². The van der Waals surface area contributed by atoms with Gasteiger partial charge in [0, 0.05) is 22.9 Å². The highest BCUT2D eigenvalue weighted by atomic mass is 79.9. The minimum atomic E-state index is -0.435. The molecule has 1 aliphatic heterocycles. The number of fused-ring (bicyclic) bond motifs is 1. The van der Waals surface area contributed by atoms with Crippen LogP contribution in [0.5, 0.6) is 17.2 Å². The summed E-state index contributed by atoms with van der Waals surface area (Å²) in [5.41, 5.74) is 1.52. The Morgan fingerprint density at radius 1 is 1.18 bits per heavy atom. The van der Waals surface area contributed by atoms with Gasteiger partial charge in [0.05, 0.1) is 28.6 Å². The summed E-state index contributed by atoms with van der Waals surface area (Å²) in [6, 6.07) is 14.0. The number of nitrogens with one attached hydrogen (secondary N) is 1. The van der Waals surface area contributed by atoms with E-state index in [1.807, 2.05) is 0 Å². The van der Waals surface area contributed by atoms with Crippen LogP contribution < -0.4 is 14.8 Å². The standard InChI is InChI=1S/C25H20BrClFNO5/c1-2-32-25(31)17-9-10-33-22-13-23(20(27)12-18(17)22)34-16-6-3-14(4-7-16)24(30)29-15-5-8-21(28)19(26)11-15/h3-8,11-13,17H,2,9-10H2,1H3,(H,29,30). The van der Waals surface area contributed by atoms with E-state index in [1.165, 1.54) is 18.2 Å². The molecule has 9 heteroatoms. The fourth-order valence-electron chi connectivity index (χ4n) is 3.53. The molecule has 1 aliphatic rings. The Morgan fingerprint density at radius 3 is 2.65 bits per heavy atom. The van der Waals surface area contributed by atoms with Gasteiger partial charge in [0.1, 0.15) is 23.1 Å². The van der Waals surface area contributed by atoms with Gasteiger partial charge in [-0.15, -0.1) is 0 Å². The Labute approximate surface area is 209 Å². The smallest absolute Gasteiger partial charge is 0.313 e. The lowest BCUT2D eigenvalue weighted by Gasteiger charge is -2.25. The third-order valence-corrected chi connectivity index (χ3v) is 6.10. The summed E-state index contributed by atoms with van der Waals surface area (Å²) in [6.07, 6.45) is 0.515. The molecule has 0 bridgehead atoms. The molecule has 0 aliphatic carbocycles. The van der Waals surface area contributed by atoms with E-state index in [-0.39, 0.29) is 16.3 Å². The first kappa shape index (κ1) is 24.0. The van der Waals surface area contributed by atoms with Gasteiger partial charge in [0.25, 0.3) is 5.91 Å².